The normalized spacial score (nSPS) is 11.4. The van der Waals surface area contributed by atoms with Gasteiger partial charge in [0.15, 0.2) is 0 Å². The summed E-state index contributed by atoms with van der Waals surface area (Å²) < 4.78 is 28.4. The summed E-state index contributed by atoms with van der Waals surface area (Å²) in [5.74, 6) is 0.666. The monoisotopic (exact) mass is 530 g/mol. The molecule has 0 aromatic heterocycles. The van der Waals surface area contributed by atoms with Crippen molar-refractivity contribution < 1.29 is 13.2 Å². The van der Waals surface area contributed by atoms with E-state index in [0.29, 0.717) is 27.2 Å². The molecule has 9 heteroatoms. The Morgan fingerprint density at radius 2 is 1.59 bits per heavy atom. The van der Waals surface area contributed by atoms with Crippen LogP contribution in [0.25, 0.3) is 10.8 Å². The van der Waals surface area contributed by atoms with E-state index in [0.717, 1.165) is 16.3 Å². The summed E-state index contributed by atoms with van der Waals surface area (Å²) >= 11 is 13.4. The molecular formula is C25H20Cl2N2O3S2. The second kappa shape index (κ2) is 10.7. The van der Waals surface area contributed by atoms with Crippen molar-refractivity contribution in [2.24, 2.45) is 0 Å². The first-order valence-electron chi connectivity index (χ1n) is 10.2. The molecule has 5 nitrogen and oxygen atoms in total. The standard InChI is InChI=1S/C25H20Cl2N2O3S2/c26-22-13-8-17(14-23(22)27)15-33-16-25(30)28-19-9-11-20(12-10-19)34(31,32)29-24-7-3-5-18-4-1-2-6-21(18)24/h1-14,29H,15-16H2,(H,28,30). The van der Waals surface area contributed by atoms with Gasteiger partial charge < -0.3 is 5.32 Å². The smallest absolute Gasteiger partial charge is 0.261 e. The molecule has 174 valence electrons. The van der Waals surface area contributed by atoms with Gasteiger partial charge in [-0.3, -0.25) is 9.52 Å². The van der Waals surface area contributed by atoms with Crippen LogP contribution in [0.4, 0.5) is 11.4 Å². The molecule has 0 saturated heterocycles. The molecule has 34 heavy (non-hydrogen) atoms. The second-order valence-corrected chi connectivity index (χ2v) is 10.9. The van der Waals surface area contributed by atoms with Crippen LogP contribution in [0.15, 0.2) is 89.8 Å². The molecule has 0 saturated carbocycles. The quantitative estimate of drug-likeness (QED) is 0.262. The van der Waals surface area contributed by atoms with E-state index in [2.05, 4.69) is 10.0 Å². The van der Waals surface area contributed by atoms with Crippen LogP contribution < -0.4 is 10.0 Å². The number of anilines is 2. The number of nitrogens with one attached hydrogen (secondary N) is 2. The lowest BCUT2D eigenvalue weighted by atomic mass is 10.1. The number of rotatable bonds is 8. The maximum absolute atomic E-state index is 12.9. The molecule has 0 spiro atoms. The van der Waals surface area contributed by atoms with Gasteiger partial charge in [-0.1, -0.05) is 65.7 Å². The second-order valence-electron chi connectivity index (χ2n) is 7.45. The molecule has 0 aliphatic carbocycles. The number of hydrogen-bond donors (Lipinski definition) is 2. The lowest BCUT2D eigenvalue weighted by Gasteiger charge is -2.11. The van der Waals surface area contributed by atoms with Crippen LogP contribution in [0.5, 0.6) is 0 Å². The van der Waals surface area contributed by atoms with E-state index in [1.807, 2.05) is 36.4 Å². The summed E-state index contributed by atoms with van der Waals surface area (Å²) in [4.78, 5) is 12.4. The van der Waals surface area contributed by atoms with Crippen LogP contribution in [0.2, 0.25) is 10.0 Å². The third-order valence-electron chi connectivity index (χ3n) is 4.97. The number of carbonyl (C=O) groups is 1. The van der Waals surface area contributed by atoms with Crippen molar-refractivity contribution in [2.45, 2.75) is 10.6 Å². The lowest BCUT2D eigenvalue weighted by Crippen LogP contribution is -2.15. The third kappa shape index (κ3) is 6.04. The van der Waals surface area contributed by atoms with E-state index in [1.54, 1.807) is 36.4 Å². The van der Waals surface area contributed by atoms with Gasteiger partial charge in [0.2, 0.25) is 5.91 Å². The fourth-order valence-electron chi connectivity index (χ4n) is 3.32. The topological polar surface area (TPSA) is 75.3 Å². The van der Waals surface area contributed by atoms with Crippen LogP contribution in [0, 0.1) is 0 Å². The molecule has 0 aliphatic heterocycles. The van der Waals surface area contributed by atoms with Gasteiger partial charge in [0.1, 0.15) is 0 Å². The molecule has 0 unspecified atom stereocenters. The molecule has 0 bridgehead atoms. The maximum Gasteiger partial charge on any atom is 0.261 e. The fraction of sp³-hybridized carbons (Fsp3) is 0.0800. The number of carbonyl (C=O) groups excluding carboxylic acids is 1. The van der Waals surface area contributed by atoms with E-state index in [9.17, 15) is 13.2 Å². The first-order valence-corrected chi connectivity index (χ1v) is 13.6. The number of fused-ring (bicyclic) bond motifs is 1. The van der Waals surface area contributed by atoms with Crippen molar-refractivity contribution in [1.82, 2.24) is 0 Å². The Kier molecular flexibility index (Phi) is 7.68. The Labute approximate surface area is 212 Å². The van der Waals surface area contributed by atoms with Crippen molar-refractivity contribution >= 4 is 73.0 Å². The van der Waals surface area contributed by atoms with Crippen LogP contribution in [-0.2, 0) is 20.6 Å². The van der Waals surface area contributed by atoms with Crippen molar-refractivity contribution in [3.8, 4) is 0 Å². The molecule has 4 rings (SSSR count). The number of benzene rings is 4. The molecule has 4 aromatic carbocycles. The zero-order chi connectivity index (χ0) is 24.1. The number of sulfonamides is 1. The molecule has 0 atom stereocenters. The average Bonchev–Trinajstić information content (AvgIpc) is 2.82. The Balaban J connectivity index is 1.35. The summed E-state index contributed by atoms with van der Waals surface area (Å²) in [5, 5.41) is 5.51. The van der Waals surface area contributed by atoms with E-state index < -0.39 is 10.0 Å². The first kappa shape index (κ1) is 24.4. The Morgan fingerprint density at radius 1 is 0.853 bits per heavy atom. The summed E-state index contributed by atoms with van der Waals surface area (Å²) in [6.07, 6.45) is 0. The van der Waals surface area contributed by atoms with Gasteiger partial charge >= 0.3 is 0 Å². The van der Waals surface area contributed by atoms with E-state index in [4.69, 9.17) is 23.2 Å². The van der Waals surface area contributed by atoms with Crippen molar-refractivity contribution in [3.63, 3.8) is 0 Å². The van der Waals surface area contributed by atoms with Gasteiger partial charge in [0.05, 0.1) is 26.4 Å². The van der Waals surface area contributed by atoms with Crippen LogP contribution in [0.1, 0.15) is 5.56 Å². The lowest BCUT2D eigenvalue weighted by molar-refractivity contribution is -0.113. The van der Waals surface area contributed by atoms with Crippen molar-refractivity contribution in [1.29, 1.82) is 0 Å². The largest absolute Gasteiger partial charge is 0.325 e. The summed E-state index contributed by atoms with van der Waals surface area (Å²) in [6.45, 7) is 0. The highest BCUT2D eigenvalue weighted by molar-refractivity contribution is 7.99. The third-order valence-corrected chi connectivity index (χ3v) is 8.09. The van der Waals surface area contributed by atoms with Gasteiger partial charge in [0.25, 0.3) is 10.0 Å². The van der Waals surface area contributed by atoms with Gasteiger partial charge in [-0.2, -0.15) is 0 Å². The van der Waals surface area contributed by atoms with Crippen molar-refractivity contribution in [3.05, 3.63) is 101 Å². The zero-order valence-corrected chi connectivity index (χ0v) is 20.9. The Morgan fingerprint density at radius 3 is 2.35 bits per heavy atom. The van der Waals surface area contributed by atoms with E-state index in [-0.39, 0.29) is 16.6 Å². The molecular weight excluding hydrogens is 511 g/mol. The minimum Gasteiger partial charge on any atom is -0.325 e. The molecule has 0 heterocycles. The highest BCUT2D eigenvalue weighted by atomic mass is 35.5. The van der Waals surface area contributed by atoms with Gasteiger partial charge in [-0.25, -0.2) is 8.42 Å². The molecule has 0 radical (unpaired) electrons. The van der Waals surface area contributed by atoms with Crippen LogP contribution in [-0.4, -0.2) is 20.1 Å². The predicted molar refractivity (Wildman–Crippen MR) is 142 cm³/mol. The highest BCUT2D eigenvalue weighted by Crippen LogP contribution is 2.27. The molecule has 0 aliphatic rings. The predicted octanol–water partition coefficient (Wildman–Crippen LogP) is 6.82. The number of hydrogen-bond acceptors (Lipinski definition) is 4. The SMILES string of the molecule is O=C(CSCc1ccc(Cl)c(Cl)c1)Nc1ccc(S(=O)(=O)Nc2cccc3ccccc23)cc1. The van der Waals surface area contributed by atoms with Gasteiger partial charge in [0, 0.05) is 16.8 Å². The van der Waals surface area contributed by atoms with Gasteiger partial charge in [-0.05, 0) is 53.4 Å². The van der Waals surface area contributed by atoms with Crippen molar-refractivity contribution in [2.75, 3.05) is 15.8 Å². The van der Waals surface area contributed by atoms with Crippen LogP contribution >= 0.6 is 35.0 Å². The Bertz CT molecular complexity index is 1440. The fourth-order valence-corrected chi connectivity index (χ4v) is 5.50. The molecule has 0 fully saturated rings. The summed E-state index contributed by atoms with van der Waals surface area (Å²) in [6, 6.07) is 24.4. The van der Waals surface area contributed by atoms with Gasteiger partial charge in [-0.15, -0.1) is 11.8 Å². The van der Waals surface area contributed by atoms with E-state index >= 15 is 0 Å². The first-order chi connectivity index (χ1) is 16.3. The molecule has 1 amide bonds. The van der Waals surface area contributed by atoms with E-state index in [1.165, 1.54) is 23.9 Å². The maximum atomic E-state index is 12.9. The Hall–Kier alpha value is -2.71. The molecule has 2 N–H and O–H groups in total. The van der Waals surface area contributed by atoms with Crippen LogP contribution in [0.3, 0.4) is 0 Å². The average molecular weight is 531 g/mol. The summed E-state index contributed by atoms with van der Waals surface area (Å²) in [5.41, 5.74) is 2.00. The minimum absolute atomic E-state index is 0.104. The molecule has 4 aromatic rings. The number of halogens is 2. The number of amides is 1. The zero-order valence-electron chi connectivity index (χ0n) is 17.8. The minimum atomic E-state index is -3.79. The summed E-state index contributed by atoms with van der Waals surface area (Å²) in [7, 11) is -3.79. The highest BCUT2D eigenvalue weighted by Gasteiger charge is 2.16. The number of thioether (sulfide) groups is 1.